The molecule has 0 radical (unpaired) electrons. The predicted octanol–water partition coefficient (Wildman–Crippen LogP) is 2.83. The maximum atomic E-state index is 12.5. The van der Waals surface area contributed by atoms with Crippen LogP contribution in [0.1, 0.15) is 11.1 Å². The van der Waals surface area contributed by atoms with Gasteiger partial charge < -0.3 is 10.1 Å². The van der Waals surface area contributed by atoms with Crippen molar-refractivity contribution in [2.24, 2.45) is 0 Å². The Labute approximate surface area is 160 Å². The lowest BCUT2D eigenvalue weighted by Gasteiger charge is -2.34. The highest BCUT2D eigenvalue weighted by atomic mass is 127. The van der Waals surface area contributed by atoms with Crippen LogP contribution in [0.25, 0.3) is 0 Å². The lowest BCUT2D eigenvalue weighted by Crippen LogP contribution is -2.49. The predicted molar refractivity (Wildman–Crippen MR) is 104 cm³/mol. The fourth-order valence-electron chi connectivity index (χ4n) is 3.06. The summed E-state index contributed by atoms with van der Waals surface area (Å²) in [4.78, 5) is 26.5. The second-order valence-electron chi connectivity index (χ2n) is 5.98. The molecule has 0 fully saturated rings. The van der Waals surface area contributed by atoms with Crippen molar-refractivity contribution in [3.05, 3.63) is 63.2 Å². The Morgan fingerprint density at radius 1 is 1.20 bits per heavy atom. The summed E-state index contributed by atoms with van der Waals surface area (Å²) in [7, 11) is 1.38. The van der Waals surface area contributed by atoms with Crippen LogP contribution in [0.3, 0.4) is 0 Å². The topological polar surface area (TPSA) is 58.6 Å². The molecule has 0 aromatic heterocycles. The average Bonchev–Trinajstić information content (AvgIpc) is 2.60. The third-order valence-corrected chi connectivity index (χ3v) is 4.95. The van der Waals surface area contributed by atoms with E-state index in [0.29, 0.717) is 13.0 Å². The molecule has 5 nitrogen and oxygen atoms in total. The summed E-state index contributed by atoms with van der Waals surface area (Å²) in [5, 5.41) is 2.89. The van der Waals surface area contributed by atoms with E-state index in [-0.39, 0.29) is 18.4 Å². The number of amides is 1. The molecule has 3 rings (SSSR count). The van der Waals surface area contributed by atoms with Gasteiger partial charge >= 0.3 is 5.97 Å². The number of benzene rings is 2. The van der Waals surface area contributed by atoms with Crippen molar-refractivity contribution in [3.8, 4) is 0 Å². The van der Waals surface area contributed by atoms with E-state index in [0.717, 1.165) is 20.4 Å². The number of methoxy groups -OCH3 is 1. The van der Waals surface area contributed by atoms with Crippen molar-refractivity contribution < 1.29 is 14.3 Å². The second kappa shape index (κ2) is 7.97. The molecule has 0 saturated heterocycles. The van der Waals surface area contributed by atoms with E-state index >= 15 is 0 Å². The number of nitrogens with one attached hydrogen (secondary N) is 1. The van der Waals surface area contributed by atoms with Crippen molar-refractivity contribution >= 4 is 40.2 Å². The second-order valence-corrected chi connectivity index (χ2v) is 7.22. The van der Waals surface area contributed by atoms with Crippen LogP contribution in [0.2, 0.25) is 0 Å². The number of esters is 1. The molecule has 1 aliphatic rings. The summed E-state index contributed by atoms with van der Waals surface area (Å²) < 4.78 is 5.99. The molecule has 1 atom stereocenters. The summed E-state index contributed by atoms with van der Waals surface area (Å²) in [5.41, 5.74) is 3.03. The fraction of sp³-hybridized carbons (Fsp3) is 0.263. The van der Waals surface area contributed by atoms with E-state index in [9.17, 15) is 9.59 Å². The van der Waals surface area contributed by atoms with Crippen LogP contribution in [0.15, 0.2) is 48.5 Å². The molecule has 1 aliphatic heterocycles. The molecular formula is C19H19IN2O3. The van der Waals surface area contributed by atoms with E-state index < -0.39 is 6.04 Å². The normalized spacial score (nSPS) is 16.8. The Morgan fingerprint density at radius 3 is 2.68 bits per heavy atom. The first-order valence-corrected chi connectivity index (χ1v) is 9.09. The molecule has 1 heterocycles. The standard InChI is InChI=1S/C19H19IN2O3/c1-25-19(24)17-9-13-5-2-3-6-14(13)11-22(17)12-18(23)21-16-8-4-7-15(20)10-16/h2-8,10,17H,9,11-12H2,1H3,(H,21,23). The maximum Gasteiger partial charge on any atom is 0.323 e. The van der Waals surface area contributed by atoms with Gasteiger partial charge in [-0.1, -0.05) is 30.3 Å². The monoisotopic (exact) mass is 450 g/mol. The molecular weight excluding hydrogens is 431 g/mol. The van der Waals surface area contributed by atoms with Crippen molar-refractivity contribution in [3.63, 3.8) is 0 Å². The lowest BCUT2D eigenvalue weighted by molar-refractivity contribution is -0.148. The van der Waals surface area contributed by atoms with Crippen LogP contribution < -0.4 is 5.32 Å². The number of rotatable bonds is 4. The molecule has 0 saturated carbocycles. The summed E-state index contributed by atoms with van der Waals surface area (Å²) in [6, 6.07) is 15.2. The van der Waals surface area contributed by atoms with Gasteiger partial charge in [0.1, 0.15) is 6.04 Å². The maximum absolute atomic E-state index is 12.5. The minimum atomic E-state index is -0.443. The third-order valence-electron chi connectivity index (χ3n) is 4.27. The summed E-state index contributed by atoms with van der Waals surface area (Å²) in [6.07, 6.45) is 0.555. The minimum absolute atomic E-state index is 0.138. The highest BCUT2D eigenvalue weighted by molar-refractivity contribution is 14.1. The van der Waals surface area contributed by atoms with Gasteiger partial charge in [-0.2, -0.15) is 0 Å². The van der Waals surface area contributed by atoms with Gasteiger partial charge in [0.25, 0.3) is 0 Å². The van der Waals surface area contributed by atoms with E-state index in [2.05, 4.69) is 27.9 Å². The Balaban J connectivity index is 1.74. The first-order valence-electron chi connectivity index (χ1n) is 8.01. The number of ether oxygens (including phenoxy) is 1. The zero-order chi connectivity index (χ0) is 17.8. The third kappa shape index (κ3) is 4.38. The van der Waals surface area contributed by atoms with Gasteiger partial charge in [-0.15, -0.1) is 0 Å². The molecule has 6 heteroatoms. The van der Waals surface area contributed by atoms with E-state index in [1.54, 1.807) is 0 Å². The van der Waals surface area contributed by atoms with Crippen LogP contribution in [0.4, 0.5) is 5.69 Å². The van der Waals surface area contributed by atoms with Gasteiger partial charge in [-0.05, 0) is 58.3 Å². The molecule has 25 heavy (non-hydrogen) atoms. The first kappa shape index (κ1) is 17.9. The molecule has 130 valence electrons. The zero-order valence-corrected chi connectivity index (χ0v) is 16.0. The molecule has 0 spiro atoms. The summed E-state index contributed by atoms with van der Waals surface area (Å²) in [5.74, 6) is -0.452. The lowest BCUT2D eigenvalue weighted by atomic mass is 9.94. The van der Waals surface area contributed by atoms with Gasteiger partial charge in [0.2, 0.25) is 5.91 Å². The Hall–Kier alpha value is -1.93. The van der Waals surface area contributed by atoms with Gasteiger partial charge in [0.05, 0.1) is 13.7 Å². The number of fused-ring (bicyclic) bond motifs is 1. The van der Waals surface area contributed by atoms with Gasteiger partial charge in [0, 0.05) is 15.8 Å². The number of nitrogens with zero attached hydrogens (tertiary/aromatic N) is 1. The highest BCUT2D eigenvalue weighted by Crippen LogP contribution is 2.24. The molecule has 1 unspecified atom stereocenters. The molecule has 1 N–H and O–H groups in total. The largest absolute Gasteiger partial charge is 0.468 e. The smallest absolute Gasteiger partial charge is 0.323 e. The number of halogens is 1. The summed E-state index contributed by atoms with van der Waals surface area (Å²) >= 11 is 2.20. The number of anilines is 1. The van der Waals surface area contributed by atoms with Crippen LogP contribution in [-0.4, -0.2) is 36.5 Å². The number of hydrogen-bond acceptors (Lipinski definition) is 4. The first-order chi connectivity index (χ1) is 12.1. The molecule has 2 aromatic rings. The highest BCUT2D eigenvalue weighted by Gasteiger charge is 2.33. The molecule has 2 aromatic carbocycles. The van der Waals surface area contributed by atoms with E-state index in [1.807, 2.05) is 53.4 Å². The fourth-order valence-corrected chi connectivity index (χ4v) is 3.61. The Bertz CT molecular complexity index is 794. The number of carbonyl (C=O) groups excluding carboxylic acids is 2. The van der Waals surface area contributed by atoms with Crippen LogP contribution in [-0.2, 0) is 27.3 Å². The van der Waals surface area contributed by atoms with Gasteiger partial charge in [0.15, 0.2) is 0 Å². The van der Waals surface area contributed by atoms with Gasteiger partial charge in [-0.3, -0.25) is 14.5 Å². The van der Waals surface area contributed by atoms with Crippen LogP contribution in [0, 0.1) is 3.57 Å². The molecule has 0 bridgehead atoms. The SMILES string of the molecule is COC(=O)C1Cc2ccccc2CN1CC(=O)Nc1cccc(I)c1. The quantitative estimate of drug-likeness (QED) is 0.575. The molecule has 0 aliphatic carbocycles. The van der Waals surface area contributed by atoms with E-state index in [1.165, 1.54) is 7.11 Å². The van der Waals surface area contributed by atoms with Gasteiger partial charge in [-0.25, -0.2) is 0 Å². The molecule has 1 amide bonds. The Kier molecular flexibility index (Phi) is 5.70. The van der Waals surface area contributed by atoms with Crippen molar-refractivity contribution in [1.82, 2.24) is 4.90 Å². The van der Waals surface area contributed by atoms with Crippen LogP contribution in [0.5, 0.6) is 0 Å². The minimum Gasteiger partial charge on any atom is -0.468 e. The van der Waals surface area contributed by atoms with Crippen LogP contribution >= 0.6 is 22.6 Å². The van der Waals surface area contributed by atoms with E-state index in [4.69, 9.17) is 4.74 Å². The summed E-state index contributed by atoms with van der Waals surface area (Å²) in [6.45, 7) is 0.690. The Morgan fingerprint density at radius 2 is 1.96 bits per heavy atom. The number of carbonyl (C=O) groups is 2. The van der Waals surface area contributed by atoms with Crippen molar-refractivity contribution in [2.75, 3.05) is 19.0 Å². The number of hydrogen-bond donors (Lipinski definition) is 1. The average molecular weight is 450 g/mol. The zero-order valence-electron chi connectivity index (χ0n) is 13.9. The van der Waals surface area contributed by atoms with Crippen molar-refractivity contribution in [1.29, 1.82) is 0 Å². The van der Waals surface area contributed by atoms with Crippen molar-refractivity contribution in [2.45, 2.75) is 19.0 Å².